The van der Waals surface area contributed by atoms with E-state index in [2.05, 4.69) is 63.8 Å². The molecule has 0 heterocycles. The van der Waals surface area contributed by atoms with Crippen LogP contribution >= 0.6 is 0 Å². The summed E-state index contributed by atoms with van der Waals surface area (Å²) in [5, 5.41) is 0. The molecule has 1 radical (unpaired) electrons. The third-order valence-corrected chi connectivity index (χ3v) is 6.19. The molecule has 0 N–H and O–H groups in total. The highest BCUT2D eigenvalue weighted by atomic mass is 16.7. The largest absolute Gasteiger partial charge is 0.508 e. The zero-order chi connectivity index (χ0) is 29.7. The molecule has 0 aromatic rings. The van der Waals surface area contributed by atoms with Crippen LogP contribution in [0, 0.1) is 12.8 Å². The van der Waals surface area contributed by atoms with Crippen molar-refractivity contribution in [2.75, 3.05) is 52.7 Å². The molecule has 0 bridgehead atoms. The average molecular weight is 569 g/mol. The number of esters is 1. The first-order chi connectivity index (χ1) is 19.5. The lowest BCUT2D eigenvalue weighted by Crippen LogP contribution is -2.25. The van der Waals surface area contributed by atoms with Crippen molar-refractivity contribution >= 4 is 12.1 Å². The molecule has 0 saturated carbocycles. The fraction of sp³-hybridized carbons (Fsp3) is 0.781. The van der Waals surface area contributed by atoms with Crippen LogP contribution in [-0.4, -0.2) is 76.0 Å². The number of hydrogen-bond donors (Lipinski definition) is 0. The Hall–Kier alpha value is -1.90. The van der Waals surface area contributed by atoms with Crippen LogP contribution in [0.5, 0.6) is 0 Å². The smallest absolute Gasteiger partial charge is 0.465 e. The van der Waals surface area contributed by atoms with Gasteiger partial charge in [-0.15, -0.1) is 0 Å². The second-order valence-electron chi connectivity index (χ2n) is 9.85. The molecule has 1 unspecified atom stereocenters. The molecular formula is C32H58NO7. The van der Waals surface area contributed by atoms with Gasteiger partial charge in [-0.1, -0.05) is 77.7 Å². The molecule has 0 spiro atoms. The molecule has 8 nitrogen and oxygen atoms in total. The Bertz CT molecular complexity index is 625. The van der Waals surface area contributed by atoms with E-state index in [1.54, 1.807) is 0 Å². The van der Waals surface area contributed by atoms with Crippen molar-refractivity contribution in [3.05, 3.63) is 31.2 Å². The van der Waals surface area contributed by atoms with E-state index in [1.807, 2.05) is 0 Å². The highest BCUT2D eigenvalue weighted by Gasteiger charge is 2.15. The Morgan fingerprint density at radius 3 is 1.82 bits per heavy atom. The minimum atomic E-state index is -0.725. The van der Waals surface area contributed by atoms with Crippen molar-refractivity contribution in [2.45, 2.75) is 105 Å². The monoisotopic (exact) mass is 568 g/mol. The van der Waals surface area contributed by atoms with Gasteiger partial charge in [0.2, 0.25) is 0 Å². The van der Waals surface area contributed by atoms with Crippen molar-refractivity contribution in [2.24, 2.45) is 5.92 Å². The standard InChI is InChI=1S/C32H58NO7/c1-6-10-12-14-16-18-24-36-31(37-25-19-17-15-13-11-7-2)22-21-30(34)39-27-29(5)28-40-32(35)38-26-20-23-33(8-3)9-4/h14-17,29,31H,5-13,18-28H2,1-4H3/b16-14-,17-15-. The van der Waals surface area contributed by atoms with Gasteiger partial charge in [-0.05, 0) is 52.1 Å². The molecule has 233 valence electrons. The minimum Gasteiger partial charge on any atom is -0.465 e. The first-order valence-electron chi connectivity index (χ1n) is 15.5. The molecule has 0 aromatic heterocycles. The van der Waals surface area contributed by atoms with Crippen LogP contribution in [-0.2, 0) is 28.5 Å². The summed E-state index contributed by atoms with van der Waals surface area (Å²) >= 11 is 0. The van der Waals surface area contributed by atoms with Gasteiger partial charge in [0.1, 0.15) is 6.61 Å². The van der Waals surface area contributed by atoms with Gasteiger partial charge in [0.25, 0.3) is 0 Å². The maximum atomic E-state index is 12.3. The van der Waals surface area contributed by atoms with Gasteiger partial charge < -0.3 is 28.6 Å². The summed E-state index contributed by atoms with van der Waals surface area (Å²) in [6, 6.07) is 0. The maximum Gasteiger partial charge on any atom is 0.508 e. The van der Waals surface area contributed by atoms with E-state index in [4.69, 9.17) is 23.7 Å². The van der Waals surface area contributed by atoms with Gasteiger partial charge in [-0.2, -0.15) is 0 Å². The molecule has 0 saturated heterocycles. The van der Waals surface area contributed by atoms with Gasteiger partial charge in [-0.3, -0.25) is 4.79 Å². The van der Waals surface area contributed by atoms with Gasteiger partial charge >= 0.3 is 12.1 Å². The topological polar surface area (TPSA) is 83.5 Å². The third kappa shape index (κ3) is 25.1. The van der Waals surface area contributed by atoms with Crippen molar-refractivity contribution in [1.82, 2.24) is 4.90 Å². The predicted molar refractivity (Wildman–Crippen MR) is 161 cm³/mol. The molecule has 40 heavy (non-hydrogen) atoms. The molecule has 0 aliphatic carbocycles. The first-order valence-corrected chi connectivity index (χ1v) is 15.5. The summed E-state index contributed by atoms with van der Waals surface area (Å²) in [5.74, 6) is -0.738. The van der Waals surface area contributed by atoms with Crippen LogP contribution in [0.15, 0.2) is 24.3 Å². The van der Waals surface area contributed by atoms with Gasteiger partial charge in [0.15, 0.2) is 6.29 Å². The molecule has 8 heteroatoms. The predicted octanol–water partition coefficient (Wildman–Crippen LogP) is 7.28. The van der Waals surface area contributed by atoms with Crippen LogP contribution in [0.2, 0.25) is 0 Å². The lowest BCUT2D eigenvalue weighted by Gasteiger charge is -2.18. The Labute approximate surface area is 244 Å². The summed E-state index contributed by atoms with van der Waals surface area (Å²) in [5.41, 5.74) is 0. The number of nitrogens with zero attached hydrogens (tertiary/aromatic N) is 1. The molecule has 0 fully saturated rings. The Morgan fingerprint density at radius 2 is 1.27 bits per heavy atom. The molecule has 0 amide bonds. The highest BCUT2D eigenvalue weighted by Crippen LogP contribution is 2.09. The molecule has 0 aromatic carbocycles. The quantitative estimate of drug-likeness (QED) is 0.0442. The zero-order valence-corrected chi connectivity index (χ0v) is 25.9. The fourth-order valence-electron chi connectivity index (χ4n) is 3.64. The summed E-state index contributed by atoms with van der Waals surface area (Å²) < 4.78 is 27.3. The van der Waals surface area contributed by atoms with E-state index in [9.17, 15) is 9.59 Å². The number of allylic oxidation sites excluding steroid dienone is 2. The lowest BCUT2D eigenvalue weighted by atomic mass is 10.2. The van der Waals surface area contributed by atoms with E-state index >= 15 is 0 Å². The summed E-state index contributed by atoms with van der Waals surface area (Å²) in [6.07, 6.45) is 17.4. The summed E-state index contributed by atoms with van der Waals surface area (Å²) in [6.45, 7) is 16.7. The van der Waals surface area contributed by atoms with Crippen LogP contribution in [0.25, 0.3) is 0 Å². The van der Waals surface area contributed by atoms with Crippen LogP contribution in [0.4, 0.5) is 4.79 Å². The van der Waals surface area contributed by atoms with Gasteiger partial charge in [0.05, 0.1) is 32.8 Å². The van der Waals surface area contributed by atoms with Crippen molar-refractivity contribution in [3.63, 3.8) is 0 Å². The minimum absolute atomic E-state index is 0.0224. The second kappa shape index (κ2) is 28.6. The SMILES string of the molecule is [CH2]C(COC(=O)CCC(OCC/C=C\CCCC)OCC/C=C\CCCC)COC(=O)OCCCN(CC)CC. The zero-order valence-electron chi connectivity index (χ0n) is 25.9. The molecule has 0 aliphatic heterocycles. The molecule has 0 rings (SSSR count). The normalized spacial score (nSPS) is 12.6. The Kier molecular flexibility index (Phi) is 27.3. The number of unbranched alkanes of at least 4 members (excludes halogenated alkanes) is 4. The first kappa shape index (κ1) is 38.1. The molecule has 0 aliphatic rings. The van der Waals surface area contributed by atoms with Crippen molar-refractivity contribution < 1.29 is 33.3 Å². The summed E-state index contributed by atoms with van der Waals surface area (Å²) in [7, 11) is 0. The van der Waals surface area contributed by atoms with Crippen LogP contribution in [0.3, 0.4) is 0 Å². The van der Waals surface area contributed by atoms with Crippen molar-refractivity contribution in [1.29, 1.82) is 0 Å². The number of carbonyl (C=O) groups is 2. The van der Waals surface area contributed by atoms with Gasteiger partial charge in [0, 0.05) is 18.9 Å². The number of carbonyl (C=O) groups excluding carboxylic acids is 2. The van der Waals surface area contributed by atoms with Crippen LogP contribution < -0.4 is 0 Å². The number of ether oxygens (including phenoxy) is 5. The second-order valence-corrected chi connectivity index (χ2v) is 9.85. The van der Waals surface area contributed by atoms with E-state index in [-0.39, 0.29) is 31.5 Å². The van der Waals surface area contributed by atoms with E-state index < -0.39 is 12.4 Å². The Balaban J connectivity index is 4.26. The van der Waals surface area contributed by atoms with E-state index in [0.29, 0.717) is 26.2 Å². The Morgan fingerprint density at radius 1 is 0.725 bits per heavy atom. The average Bonchev–Trinajstić information content (AvgIpc) is 2.96. The fourth-order valence-corrected chi connectivity index (χ4v) is 3.64. The summed E-state index contributed by atoms with van der Waals surface area (Å²) in [4.78, 5) is 26.3. The van der Waals surface area contributed by atoms with E-state index in [0.717, 1.165) is 51.7 Å². The lowest BCUT2D eigenvalue weighted by molar-refractivity contribution is -0.158. The van der Waals surface area contributed by atoms with Gasteiger partial charge in [-0.25, -0.2) is 4.79 Å². The third-order valence-electron chi connectivity index (χ3n) is 6.19. The molecule has 1 atom stereocenters. The van der Waals surface area contributed by atoms with Crippen molar-refractivity contribution in [3.8, 4) is 0 Å². The van der Waals surface area contributed by atoms with E-state index in [1.165, 1.54) is 25.7 Å². The number of rotatable bonds is 27. The maximum absolute atomic E-state index is 12.3. The van der Waals surface area contributed by atoms with Crippen LogP contribution in [0.1, 0.15) is 98.3 Å². The molecular weight excluding hydrogens is 510 g/mol. The highest BCUT2D eigenvalue weighted by molar-refractivity contribution is 5.69. The number of hydrogen-bond acceptors (Lipinski definition) is 8.